The first-order valence-corrected chi connectivity index (χ1v) is 8.30. The second-order valence-electron chi connectivity index (χ2n) is 5.90. The normalized spacial score (nSPS) is 11.9. The van der Waals surface area contributed by atoms with Crippen molar-refractivity contribution in [1.29, 1.82) is 0 Å². The molecule has 2 aromatic carbocycles. The smallest absolute Gasteiger partial charge is 0.296 e. The predicted octanol–water partition coefficient (Wildman–Crippen LogP) is 2.01. The highest BCUT2D eigenvalue weighted by Crippen LogP contribution is 2.32. The van der Waals surface area contributed by atoms with Gasteiger partial charge in [0.05, 0.1) is 11.0 Å². The minimum atomic E-state index is -0.318. The van der Waals surface area contributed by atoms with Crippen molar-refractivity contribution in [1.82, 2.24) is 14.9 Å². The van der Waals surface area contributed by atoms with Crippen LogP contribution in [0.1, 0.15) is 11.4 Å². The number of rotatable bonds is 3. The van der Waals surface area contributed by atoms with Gasteiger partial charge in [0.2, 0.25) is 6.79 Å². The molecule has 0 spiro atoms. The van der Waals surface area contributed by atoms with Crippen LogP contribution in [-0.4, -0.2) is 28.8 Å². The molecule has 1 aromatic heterocycles. The van der Waals surface area contributed by atoms with Crippen molar-refractivity contribution < 1.29 is 14.3 Å². The summed E-state index contributed by atoms with van der Waals surface area (Å²) in [4.78, 5) is 16.5. The van der Waals surface area contributed by atoms with Crippen molar-refractivity contribution in [3.8, 4) is 23.3 Å². The Balaban J connectivity index is 1.35. The van der Waals surface area contributed by atoms with Crippen molar-refractivity contribution in [2.45, 2.75) is 6.42 Å². The van der Waals surface area contributed by atoms with Crippen molar-refractivity contribution in [2.24, 2.45) is 7.05 Å². The van der Waals surface area contributed by atoms with Crippen LogP contribution < -0.4 is 14.8 Å². The lowest BCUT2D eigenvalue weighted by molar-refractivity contribution is -0.115. The molecule has 1 N–H and O–H groups in total. The van der Waals surface area contributed by atoms with Crippen LogP contribution in [0, 0.1) is 11.8 Å². The average Bonchev–Trinajstić information content (AvgIpc) is 3.25. The fraction of sp³-hybridized carbons (Fsp3) is 0.200. The van der Waals surface area contributed by atoms with Gasteiger partial charge in [-0.3, -0.25) is 4.79 Å². The number of para-hydroxylation sites is 2. The molecule has 6 nitrogen and oxygen atoms in total. The Morgan fingerprint density at radius 3 is 2.96 bits per heavy atom. The zero-order valence-electron chi connectivity index (χ0n) is 14.3. The van der Waals surface area contributed by atoms with Gasteiger partial charge in [-0.05, 0) is 30.3 Å². The maximum absolute atomic E-state index is 11.9. The second-order valence-corrected chi connectivity index (χ2v) is 5.90. The molecular formula is C20H17N3O3. The second kappa shape index (κ2) is 6.81. The van der Waals surface area contributed by atoms with Gasteiger partial charge >= 0.3 is 0 Å². The summed E-state index contributed by atoms with van der Waals surface area (Å²) in [6.45, 7) is 0.695. The van der Waals surface area contributed by atoms with E-state index >= 15 is 0 Å². The van der Waals surface area contributed by atoms with Gasteiger partial charge in [-0.15, -0.1) is 0 Å². The van der Waals surface area contributed by atoms with Crippen LogP contribution >= 0.6 is 0 Å². The highest BCUT2D eigenvalue weighted by atomic mass is 16.7. The maximum Gasteiger partial charge on any atom is 0.296 e. The number of aryl methyl sites for hydroxylation is 1. The number of aromatic nitrogens is 2. The first-order valence-electron chi connectivity index (χ1n) is 8.30. The van der Waals surface area contributed by atoms with Crippen LogP contribution in [0.25, 0.3) is 11.0 Å². The Morgan fingerprint density at radius 1 is 1.23 bits per heavy atom. The SMILES string of the molecule is Cn1c(CCNC(=O)C#Cc2ccc3c(c2)OCO3)nc2ccccc21. The van der Waals surface area contributed by atoms with E-state index in [0.29, 0.717) is 30.0 Å². The van der Waals surface area contributed by atoms with Crippen molar-refractivity contribution in [3.05, 3.63) is 53.9 Å². The number of carbonyl (C=O) groups is 1. The van der Waals surface area contributed by atoms with E-state index < -0.39 is 0 Å². The molecule has 1 amide bonds. The number of carbonyl (C=O) groups excluding carboxylic acids is 1. The molecule has 0 fully saturated rings. The summed E-state index contributed by atoms with van der Waals surface area (Å²) in [5.41, 5.74) is 2.75. The van der Waals surface area contributed by atoms with E-state index in [0.717, 1.165) is 16.9 Å². The lowest BCUT2D eigenvalue weighted by atomic mass is 10.2. The number of fused-ring (bicyclic) bond motifs is 2. The fourth-order valence-corrected chi connectivity index (χ4v) is 2.85. The van der Waals surface area contributed by atoms with Gasteiger partial charge in [0, 0.05) is 31.5 Å². The van der Waals surface area contributed by atoms with Gasteiger partial charge in [0.25, 0.3) is 5.91 Å². The molecule has 0 saturated heterocycles. The molecular weight excluding hydrogens is 330 g/mol. The minimum Gasteiger partial charge on any atom is -0.454 e. The van der Waals surface area contributed by atoms with Crippen LogP contribution in [0.3, 0.4) is 0 Å². The first-order chi connectivity index (χ1) is 12.7. The summed E-state index contributed by atoms with van der Waals surface area (Å²) in [5.74, 6) is 7.39. The number of amides is 1. The molecule has 4 rings (SSSR count). The Hall–Kier alpha value is -3.46. The van der Waals surface area contributed by atoms with Gasteiger partial charge in [0.1, 0.15) is 5.82 Å². The third-order valence-corrected chi connectivity index (χ3v) is 4.21. The number of imidazole rings is 1. The molecule has 2 heterocycles. The standard InChI is InChI=1S/C20H17N3O3/c1-23-16-5-3-2-4-15(16)22-19(23)10-11-21-20(24)9-7-14-6-8-17-18(12-14)26-13-25-17/h2-6,8,12H,10-11,13H2,1H3,(H,21,24). The van der Waals surface area contributed by atoms with Crippen molar-refractivity contribution in [3.63, 3.8) is 0 Å². The van der Waals surface area contributed by atoms with Gasteiger partial charge in [-0.25, -0.2) is 4.98 Å². The third-order valence-electron chi connectivity index (χ3n) is 4.21. The van der Waals surface area contributed by atoms with E-state index in [1.54, 1.807) is 18.2 Å². The Kier molecular flexibility index (Phi) is 4.20. The quantitative estimate of drug-likeness (QED) is 0.736. The molecule has 0 saturated carbocycles. The fourth-order valence-electron chi connectivity index (χ4n) is 2.85. The predicted molar refractivity (Wildman–Crippen MR) is 96.9 cm³/mol. The van der Waals surface area contributed by atoms with E-state index in [9.17, 15) is 4.79 Å². The third kappa shape index (κ3) is 3.20. The van der Waals surface area contributed by atoms with Gasteiger partial charge < -0.3 is 19.4 Å². The molecule has 26 heavy (non-hydrogen) atoms. The Morgan fingerprint density at radius 2 is 2.08 bits per heavy atom. The molecule has 0 unspecified atom stereocenters. The van der Waals surface area contributed by atoms with E-state index in [1.807, 2.05) is 35.9 Å². The highest BCUT2D eigenvalue weighted by Gasteiger charge is 2.12. The lowest BCUT2D eigenvalue weighted by Crippen LogP contribution is -2.24. The molecule has 0 atom stereocenters. The number of hydrogen-bond acceptors (Lipinski definition) is 4. The minimum absolute atomic E-state index is 0.217. The van der Waals surface area contributed by atoms with E-state index in [1.165, 1.54) is 0 Å². The number of nitrogens with zero attached hydrogens (tertiary/aromatic N) is 2. The summed E-state index contributed by atoms with van der Waals surface area (Å²) >= 11 is 0. The summed E-state index contributed by atoms with van der Waals surface area (Å²) in [6.07, 6.45) is 0.641. The molecule has 3 aromatic rings. The Bertz CT molecular complexity index is 1040. The summed E-state index contributed by atoms with van der Waals surface area (Å²) in [7, 11) is 1.98. The summed E-state index contributed by atoms with van der Waals surface area (Å²) < 4.78 is 12.6. The van der Waals surface area contributed by atoms with E-state index in [4.69, 9.17) is 9.47 Å². The zero-order chi connectivity index (χ0) is 17.9. The molecule has 6 heteroatoms. The summed E-state index contributed by atoms with van der Waals surface area (Å²) in [6, 6.07) is 13.3. The lowest BCUT2D eigenvalue weighted by Gasteiger charge is -2.02. The average molecular weight is 347 g/mol. The number of hydrogen-bond donors (Lipinski definition) is 1. The van der Waals surface area contributed by atoms with Crippen molar-refractivity contribution in [2.75, 3.05) is 13.3 Å². The van der Waals surface area contributed by atoms with Crippen LogP contribution in [-0.2, 0) is 18.3 Å². The zero-order valence-corrected chi connectivity index (χ0v) is 14.3. The summed E-state index contributed by atoms with van der Waals surface area (Å²) in [5, 5.41) is 2.80. The van der Waals surface area contributed by atoms with Crippen LogP contribution in [0.4, 0.5) is 0 Å². The van der Waals surface area contributed by atoms with Gasteiger partial charge in [-0.1, -0.05) is 18.1 Å². The molecule has 0 radical (unpaired) electrons. The number of ether oxygens (including phenoxy) is 2. The van der Waals surface area contributed by atoms with Gasteiger partial charge in [-0.2, -0.15) is 0 Å². The van der Waals surface area contributed by atoms with E-state index in [-0.39, 0.29) is 12.7 Å². The largest absolute Gasteiger partial charge is 0.454 e. The molecule has 1 aliphatic rings. The van der Waals surface area contributed by atoms with E-state index in [2.05, 4.69) is 22.1 Å². The number of nitrogens with one attached hydrogen (secondary N) is 1. The monoisotopic (exact) mass is 347 g/mol. The maximum atomic E-state index is 11.9. The molecule has 0 aliphatic carbocycles. The topological polar surface area (TPSA) is 65.4 Å². The Labute approximate surface area is 150 Å². The number of benzene rings is 2. The van der Waals surface area contributed by atoms with Crippen LogP contribution in [0.15, 0.2) is 42.5 Å². The van der Waals surface area contributed by atoms with Crippen LogP contribution in [0.5, 0.6) is 11.5 Å². The molecule has 130 valence electrons. The molecule has 0 bridgehead atoms. The van der Waals surface area contributed by atoms with Gasteiger partial charge in [0.15, 0.2) is 11.5 Å². The first kappa shape index (κ1) is 16.0. The van der Waals surface area contributed by atoms with Crippen LogP contribution in [0.2, 0.25) is 0 Å². The van der Waals surface area contributed by atoms with Crippen molar-refractivity contribution >= 4 is 16.9 Å². The highest BCUT2D eigenvalue weighted by molar-refractivity contribution is 5.94. The molecule has 1 aliphatic heterocycles.